The number of carbonyl (C=O) groups is 1. The summed E-state index contributed by atoms with van der Waals surface area (Å²) in [5.74, 6) is 1.08. The van der Waals surface area contributed by atoms with Gasteiger partial charge in [-0.1, -0.05) is 36.4 Å². The first-order valence-corrected chi connectivity index (χ1v) is 8.68. The van der Waals surface area contributed by atoms with Gasteiger partial charge in [0, 0.05) is 37.3 Å². The van der Waals surface area contributed by atoms with Gasteiger partial charge in [0.1, 0.15) is 12.7 Å². The van der Waals surface area contributed by atoms with Gasteiger partial charge in [0.15, 0.2) is 5.82 Å². The largest absolute Gasteiger partial charge is 0.334 e. The molecule has 4 rings (SSSR count). The van der Waals surface area contributed by atoms with E-state index in [1.807, 2.05) is 35.2 Å². The molecule has 7 heteroatoms. The molecular weight excluding hydrogens is 328 g/mol. The molecule has 7 nitrogen and oxygen atoms in total. The first kappa shape index (κ1) is 16.3. The molecular formula is C19H20N6O. The highest BCUT2D eigenvalue weighted by atomic mass is 16.2. The number of nitrogens with one attached hydrogen (secondary N) is 1. The Morgan fingerprint density at radius 3 is 2.88 bits per heavy atom. The third-order valence-corrected chi connectivity index (χ3v) is 4.68. The van der Waals surface area contributed by atoms with Gasteiger partial charge in [-0.25, -0.2) is 19.4 Å². The quantitative estimate of drug-likeness (QED) is 0.785. The van der Waals surface area contributed by atoms with E-state index in [9.17, 15) is 4.79 Å². The predicted molar refractivity (Wildman–Crippen MR) is 96.8 cm³/mol. The fraction of sp³-hybridized carbons (Fsp3) is 0.263. The van der Waals surface area contributed by atoms with Crippen LogP contribution in [-0.4, -0.2) is 43.8 Å². The number of amides is 2. The zero-order chi connectivity index (χ0) is 17.8. The van der Waals surface area contributed by atoms with Gasteiger partial charge in [0.25, 0.3) is 0 Å². The van der Waals surface area contributed by atoms with Gasteiger partial charge in [-0.15, -0.1) is 0 Å². The highest BCUT2D eigenvalue weighted by Gasteiger charge is 2.27. The van der Waals surface area contributed by atoms with Crippen molar-refractivity contribution in [2.24, 2.45) is 0 Å². The van der Waals surface area contributed by atoms with E-state index in [1.165, 1.54) is 11.9 Å². The molecule has 0 unspecified atom stereocenters. The molecule has 1 fully saturated rings. The molecule has 2 aromatic heterocycles. The number of carbonyl (C=O) groups excluding carboxylic acids is 1. The maximum absolute atomic E-state index is 12.6. The molecule has 1 N–H and O–H groups in total. The van der Waals surface area contributed by atoms with Crippen LogP contribution in [0, 0.1) is 0 Å². The summed E-state index contributed by atoms with van der Waals surface area (Å²) < 4.78 is 1.60. The van der Waals surface area contributed by atoms with Crippen molar-refractivity contribution in [2.45, 2.75) is 18.9 Å². The molecule has 3 aromatic rings. The number of rotatable bonds is 4. The third kappa shape index (κ3) is 3.42. The van der Waals surface area contributed by atoms with Gasteiger partial charge in [-0.3, -0.25) is 0 Å². The topological polar surface area (TPSA) is 75.9 Å². The Labute approximate surface area is 151 Å². The first-order valence-electron chi connectivity index (χ1n) is 8.68. The predicted octanol–water partition coefficient (Wildman–Crippen LogP) is 2.36. The standard InChI is InChI=1S/C19H20N6O/c26-19(24-10-8-17(12-24)15-5-2-1-3-6-15)22-11-16-7-4-9-21-18(16)25-14-20-13-23-25/h1-7,9,13-14,17H,8,10-12H2,(H,22,26)/t17-/m1/s1. The summed E-state index contributed by atoms with van der Waals surface area (Å²) >= 11 is 0. The van der Waals surface area contributed by atoms with Crippen molar-refractivity contribution in [1.82, 2.24) is 30.0 Å². The number of hydrogen-bond acceptors (Lipinski definition) is 4. The van der Waals surface area contributed by atoms with Gasteiger partial charge in [-0.05, 0) is 18.1 Å². The van der Waals surface area contributed by atoms with Crippen molar-refractivity contribution in [3.63, 3.8) is 0 Å². The summed E-state index contributed by atoms with van der Waals surface area (Å²) in [5.41, 5.74) is 2.19. The van der Waals surface area contributed by atoms with E-state index in [0.29, 0.717) is 18.3 Å². The van der Waals surface area contributed by atoms with Crippen LogP contribution in [0.3, 0.4) is 0 Å². The summed E-state index contributed by atoms with van der Waals surface area (Å²) in [6.45, 7) is 1.92. The lowest BCUT2D eigenvalue weighted by molar-refractivity contribution is 0.208. The molecule has 0 bridgehead atoms. The number of nitrogens with zero attached hydrogens (tertiary/aromatic N) is 5. The summed E-state index contributed by atoms with van der Waals surface area (Å²) in [5, 5.41) is 7.12. The van der Waals surface area contributed by atoms with Crippen molar-refractivity contribution < 1.29 is 4.79 Å². The molecule has 0 radical (unpaired) electrons. The summed E-state index contributed by atoms with van der Waals surface area (Å²) in [6, 6.07) is 14.1. The monoisotopic (exact) mass is 348 g/mol. The average molecular weight is 348 g/mol. The molecule has 3 heterocycles. The fourth-order valence-corrected chi connectivity index (χ4v) is 3.32. The van der Waals surface area contributed by atoms with Gasteiger partial charge in [-0.2, -0.15) is 5.10 Å². The maximum atomic E-state index is 12.6. The normalized spacial score (nSPS) is 16.6. The second-order valence-corrected chi connectivity index (χ2v) is 6.33. The number of urea groups is 1. The molecule has 132 valence electrons. The second-order valence-electron chi connectivity index (χ2n) is 6.33. The van der Waals surface area contributed by atoms with Crippen molar-refractivity contribution in [2.75, 3.05) is 13.1 Å². The lowest BCUT2D eigenvalue weighted by Gasteiger charge is -2.18. The molecule has 2 amide bonds. The van der Waals surface area contributed by atoms with Crippen LogP contribution in [0.4, 0.5) is 4.79 Å². The van der Waals surface area contributed by atoms with Crippen molar-refractivity contribution in [3.8, 4) is 5.82 Å². The molecule has 0 spiro atoms. The SMILES string of the molecule is O=C(NCc1cccnc1-n1cncn1)N1CC[C@@H](c2ccccc2)C1. The number of pyridine rings is 1. The Morgan fingerprint density at radius 1 is 1.19 bits per heavy atom. The van der Waals surface area contributed by atoms with Crippen molar-refractivity contribution in [3.05, 3.63) is 72.4 Å². The fourth-order valence-electron chi connectivity index (χ4n) is 3.32. The molecule has 0 aliphatic carbocycles. The minimum atomic E-state index is -0.0446. The summed E-state index contributed by atoms with van der Waals surface area (Å²) in [6.07, 6.45) is 5.76. The van der Waals surface area contributed by atoms with Gasteiger partial charge in [0.2, 0.25) is 0 Å². The smallest absolute Gasteiger partial charge is 0.317 e. The minimum absolute atomic E-state index is 0.0446. The van der Waals surface area contributed by atoms with Crippen molar-refractivity contribution >= 4 is 6.03 Å². The third-order valence-electron chi connectivity index (χ3n) is 4.68. The van der Waals surface area contributed by atoms with Crippen LogP contribution in [0.25, 0.3) is 5.82 Å². The van der Waals surface area contributed by atoms with Crippen LogP contribution < -0.4 is 5.32 Å². The zero-order valence-corrected chi connectivity index (χ0v) is 14.3. The molecule has 1 aromatic carbocycles. The Morgan fingerprint density at radius 2 is 2.08 bits per heavy atom. The Balaban J connectivity index is 1.38. The van der Waals surface area contributed by atoms with E-state index in [2.05, 4.69) is 32.5 Å². The number of aromatic nitrogens is 4. The van der Waals surface area contributed by atoms with E-state index < -0.39 is 0 Å². The van der Waals surface area contributed by atoms with Crippen LogP contribution in [0.2, 0.25) is 0 Å². The molecule has 1 saturated heterocycles. The lowest BCUT2D eigenvalue weighted by Crippen LogP contribution is -2.38. The molecule has 1 atom stereocenters. The van der Waals surface area contributed by atoms with Crippen LogP contribution >= 0.6 is 0 Å². The van der Waals surface area contributed by atoms with Gasteiger partial charge >= 0.3 is 6.03 Å². The zero-order valence-electron chi connectivity index (χ0n) is 14.3. The lowest BCUT2D eigenvalue weighted by atomic mass is 9.99. The minimum Gasteiger partial charge on any atom is -0.334 e. The van der Waals surface area contributed by atoms with E-state index in [4.69, 9.17) is 0 Å². The molecule has 1 aliphatic rings. The second kappa shape index (κ2) is 7.35. The van der Waals surface area contributed by atoms with Crippen molar-refractivity contribution in [1.29, 1.82) is 0 Å². The van der Waals surface area contributed by atoms with Crippen LogP contribution in [0.5, 0.6) is 0 Å². The number of benzene rings is 1. The first-order chi connectivity index (χ1) is 12.8. The van der Waals surface area contributed by atoms with E-state index in [0.717, 1.165) is 25.1 Å². The van der Waals surface area contributed by atoms with E-state index >= 15 is 0 Å². The van der Waals surface area contributed by atoms with Gasteiger partial charge in [0.05, 0.1) is 0 Å². The molecule has 1 aliphatic heterocycles. The number of likely N-dealkylation sites (tertiary alicyclic amines) is 1. The molecule has 26 heavy (non-hydrogen) atoms. The Bertz CT molecular complexity index is 865. The molecule has 0 saturated carbocycles. The van der Waals surface area contributed by atoms with Crippen LogP contribution in [-0.2, 0) is 6.54 Å². The maximum Gasteiger partial charge on any atom is 0.317 e. The Kier molecular flexibility index (Phi) is 4.59. The Hall–Kier alpha value is -3.22. The van der Waals surface area contributed by atoms with E-state index in [-0.39, 0.29) is 6.03 Å². The highest BCUT2D eigenvalue weighted by molar-refractivity contribution is 5.74. The average Bonchev–Trinajstić information content (AvgIpc) is 3.39. The van der Waals surface area contributed by atoms with Crippen LogP contribution in [0.15, 0.2) is 61.3 Å². The summed E-state index contributed by atoms with van der Waals surface area (Å²) in [7, 11) is 0. The van der Waals surface area contributed by atoms with E-state index in [1.54, 1.807) is 17.2 Å². The van der Waals surface area contributed by atoms with Crippen LogP contribution in [0.1, 0.15) is 23.5 Å². The van der Waals surface area contributed by atoms with Gasteiger partial charge < -0.3 is 10.2 Å². The summed E-state index contributed by atoms with van der Waals surface area (Å²) in [4.78, 5) is 22.7. The highest BCUT2D eigenvalue weighted by Crippen LogP contribution is 2.26. The number of hydrogen-bond donors (Lipinski definition) is 1.